The topological polar surface area (TPSA) is 86.5 Å². The molecular weight excluding hydrogens is 290 g/mol. The summed E-state index contributed by atoms with van der Waals surface area (Å²) in [5, 5.41) is 0. The smallest absolute Gasteiger partial charge is 0.340 e. The van der Waals surface area contributed by atoms with Gasteiger partial charge in [0, 0.05) is 5.69 Å². The summed E-state index contributed by atoms with van der Waals surface area (Å²) in [5.41, 5.74) is 6.59. The number of anilines is 1. The van der Waals surface area contributed by atoms with Gasteiger partial charge < -0.3 is 10.5 Å². The molecule has 0 spiro atoms. The first kappa shape index (κ1) is 17.5. The normalized spacial score (nSPS) is 12.2. The fourth-order valence-electron chi connectivity index (χ4n) is 1.68. The predicted molar refractivity (Wildman–Crippen MR) is 83.8 cm³/mol. The van der Waals surface area contributed by atoms with Gasteiger partial charge in [-0.05, 0) is 38.8 Å². The van der Waals surface area contributed by atoms with Crippen LogP contribution in [0.15, 0.2) is 18.2 Å². The van der Waals surface area contributed by atoms with Crippen LogP contribution in [-0.2, 0) is 20.3 Å². The number of sulfone groups is 1. The Morgan fingerprint density at radius 1 is 1.29 bits per heavy atom. The molecule has 0 radical (unpaired) electrons. The molecule has 6 heteroatoms. The summed E-state index contributed by atoms with van der Waals surface area (Å²) in [6.07, 6.45) is 0.689. The number of carbonyl (C=O) groups excluding carboxylic acids is 1. The fourth-order valence-corrected chi connectivity index (χ4v) is 2.76. The first-order chi connectivity index (χ1) is 9.60. The molecule has 1 aromatic carbocycles. The maximum absolute atomic E-state index is 12.3. The Labute approximate surface area is 126 Å². The largest absolute Gasteiger partial charge is 0.462 e. The summed E-state index contributed by atoms with van der Waals surface area (Å²) < 4.78 is 28.8. The van der Waals surface area contributed by atoms with Crippen molar-refractivity contribution in [3.8, 4) is 0 Å². The van der Waals surface area contributed by atoms with Gasteiger partial charge in [-0.2, -0.15) is 0 Å². The summed E-state index contributed by atoms with van der Waals surface area (Å²) in [6.45, 7) is 7.04. The molecule has 0 aliphatic rings. The molecular formula is C15H23NO4S. The molecule has 0 bridgehead atoms. The van der Waals surface area contributed by atoms with Crippen molar-refractivity contribution in [1.82, 2.24) is 0 Å². The van der Waals surface area contributed by atoms with Crippen LogP contribution in [0.2, 0.25) is 0 Å². The number of rotatable bonds is 5. The zero-order valence-electron chi connectivity index (χ0n) is 13.0. The summed E-state index contributed by atoms with van der Waals surface area (Å²) in [6, 6.07) is 4.80. The molecule has 0 aliphatic carbocycles. The van der Waals surface area contributed by atoms with Crippen molar-refractivity contribution in [3.05, 3.63) is 29.3 Å². The van der Waals surface area contributed by atoms with E-state index in [0.29, 0.717) is 12.0 Å². The number of benzene rings is 1. The van der Waals surface area contributed by atoms with Crippen molar-refractivity contribution in [2.45, 2.75) is 44.6 Å². The fraction of sp³-hybridized carbons (Fsp3) is 0.533. The average molecular weight is 313 g/mol. The number of esters is 1. The van der Waals surface area contributed by atoms with Crippen molar-refractivity contribution in [2.75, 3.05) is 12.3 Å². The second-order valence-electron chi connectivity index (χ2n) is 5.89. The van der Waals surface area contributed by atoms with Gasteiger partial charge in [-0.15, -0.1) is 0 Å². The van der Waals surface area contributed by atoms with Gasteiger partial charge in [0.1, 0.15) is 0 Å². The quantitative estimate of drug-likeness (QED) is 0.667. The van der Waals surface area contributed by atoms with Crippen molar-refractivity contribution >= 4 is 21.5 Å². The maximum Gasteiger partial charge on any atom is 0.340 e. The molecule has 0 saturated carbocycles. The van der Waals surface area contributed by atoms with Gasteiger partial charge >= 0.3 is 5.97 Å². The summed E-state index contributed by atoms with van der Waals surface area (Å²) in [4.78, 5) is 12.1. The SMILES string of the molecule is CCCOC(=O)c1c(N)cccc1CS(=O)(=O)C(C)(C)C. The van der Waals surface area contributed by atoms with E-state index in [-0.39, 0.29) is 23.6 Å². The van der Waals surface area contributed by atoms with Crippen LogP contribution in [0.4, 0.5) is 5.69 Å². The molecule has 0 aromatic heterocycles. The Balaban J connectivity index is 3.21. The molecule has 0 saturated heterocycles. The minimum absolute atomic E-state index is 0.152. The number of carbonyl (C=O) groups is 1. The monoisotopic (exact) mass is 313 g/mol. The summed E-state index contributed by atoms with van der Waals surface area (Å²) in [5.74, 6) is -0.813. The van der Waals surface area contributed by atoms with E-state index in [1.807, 2.05) is 6.92 Å². The van der Waals surface area contributed by atoms with E-state index < -0.39 is 20.6 Å². The number of hydrogen-bond donors (Lipinski definition) is 1. The Bertz CT molecular complexity index is 615. The third-order valence-corrected chi connectivity index (χ3v) is 5.66. The van der Waals surface area contributed by atoms with Gasteiger partial charge in [0.2, 0.25) is 0 Å². The highest BCUT2D eigenvalue weighted by Gasteiger charge is 2.31. The van der Waals surface area contributed by atoms with E-state index in [2.05, 4.69) is 0 Å². The molecule has 5 nitrogen and oxygen atoms in total. The van der Waals surface area contributed by atoms with Gasteiger partial charge in [0.25, 0.3) is 0 Å². The molecule has 1 rings (SSSR count). The first-order valence-electron chi connectivity index (χ1n) is 6.87. The number of ether oxygens (including phenoxy) is 1. The second kappa shape index (κ2) is 6.47. The highest BCUT2D eigenvalue weighted by atomic mass is 32.2. The lowest BCUT2D eigenvalue weighted by molar-refractivity contribution is 0.0505. The predicted octanol–water partition coefficient (Wildman–Crippen LogP) is 2.55. The lowest BCUT2D eigenvalue weighted by Gasteiger charge is -2.20. The minimum Gasteiger partial charge on any atom is -0.462 e. The molecule has 0 unspecified atom stereocenters. The molecule has 0 atom stereocenters. The van der Waals surface area contributed by atoms with Crippen LogP contribution in [0.1, 0.15) is 50.0 Å². The van der Waals surface area contributed by atoms with E-state index in [9.17, 15) is 13.2 Å². The van der Waals surface area contributed by atoms with Crippen molar-refractivity contribution < 1.29 is 17.9 Å². The maximum atomic E-state index is 12.3. The van der Waals surface area contributed by atoms with E-state index in [4.69, 9.17) is 10.5 Å². The summed E-state index contributed by atoms with van der Waals surface area (Å²) in [7, 11) is -3.41. The summed E-state index contributed by atoms with van der Waals surface area (Å²) >= 11 is 0. The van der Waals surface area contributed by atoms with Crippen molar-refractivity contribution in [1.29, 1.82) is 0 Å². The molecule has 0 heterocycles. The number of nitrogens with two attached hydrogens (primary N) is 1. The van der Waals surface area contributed by atoms with E-state index in [1.54, 1.807) is 39.0 Å². The van der Waals surface area contributed by atoms with Gasteiger partial charge in [-0.1, -0.05) is 19.1 Å². The Hall–Kier alpha value is -1.56. The van der Waals surface area contributed by atoms with Crippen molar-refractivity contribution in [2.24, 2.45) is 0 Å². The molecule has 0 amide bonds. The van der Waals surface area contributed by atoms with Crippen LogP contribution in [-0.4, -0.2) is 25.7 Å². The van der Waals surface area contributed by atoms with Crippen LogP contribution >= 0.6 is 0 Å². The molecule has 0 fully saturated rings. The highest BCUT2D eigenvalue weighted by molar-refractivity contribution is 7.91. The van der Waals surface area contributed by atoms with Gasteiger partial charge in [-0.3, -0.25) is 0 Å². The lowest BCUT2D eigenvalue weighted by atomic mass is 10.1. The first-order valence-corrected chi connectivity index (χ1v) is 8.52. The molecule has 0 aliphatic heterocycles. The van der Waals surface area contributed by atoms with Gasteiger partial charge in [0.05, 0.1) is 22.7 Å². The minimum atomic E-state index is -3.41. The molecule has 2 N–H and O–H groups in total. The Morgan fingerprint density at radius 2 is 1.90 bits per heavy atom. The van der Waals surface area contributed by atoms with Crippen LogP contribution < -0.4 is 5.73 Å². The lowest BCUT2D eigenvalue weighted by Crippen LogP contribution is -2.30. The zero-order valence-corrected chi connectivity index (χ0v) is 13.8. The third kappa shape index (κ3) is 4.20. The molecule has 118 valence electrons. The second-order valence-corrected chi connectivity index (χ2v) is 8.63. The number of hydrogen-bond acceptors (Lipinski definition) is 5. The van der Waals surface area contributed by atoms with E-state index >= 15 is 0 Å². The Morgan fingerprint density at radius 3 is 2.43 bits per heavy atom. The molecule has 1 aromatic rings. The van der Waals surface area contributed by atoms with Gasteiger partial charge in [0.15, 0.2) is 9.84 Å². The van der Waals surface area contributed by atoms with E-state index in [0.717, 1.165) is 0 Å². The van der Waals surface area contributed by atoms with Crippen LogP contribution in [0.25, 0.3) is 0 Å². The standard InChI is InChI=1S/C15H23NO4S/c1-5-9-20-14(17)13-11(7-6-8-12(13)16)10-21(18,19)15(2,3)4/h6-8H,5,9-10,16H2,1-4H3. The Kier molecular flexibility index (Phi) is 5.39. The average Bonchev–Trinajstić information content (AvgIpc) is 2.34. The van der Waals surface area contributed by atoms with Crippen LogP contribution in [0.5, 0.6) is 0 Å². The highest BCUT2D eigenvalue weighted by Crippen LogP contribution is 2.25. The van der Waals surface area contributed by atoms with Gasteiger partial charge in [-0.25, -0.2) is 13.2 Å². The van der Waals surface area contributed by atoms with Crippen LogP contribution in [0.3, 0.4) is 0 Å². The van der Waals surface area contributed by atoms with Crippen molar-refractivity contribution in [3.63, 3.8) is 0 Å². The molecule has 21 heavy (non-hydrogen) atoms. The number of nitrogen functional groups attached to an aromatic ring is 1. The van der Waals surface area contributed by atoms with E-state index in [1.165, 1.54) is 0 Å². The zero-order chi connectivity index (χ0) is 16.3. The van der Waals surface area contributed by atoms with Crippen LogP contribution in [0, 0.1) is 0 Å². The third-order valence-electron chi connectivity index (χ3n) is 3.10.